The zero-order chi connectivity index (χ0) is 38.2. The molecule has 1 unspecified atom stereocenters. The van der Waals surface area contributed by atoms with Crippen molar-refractivity contribution in [2.45, 2.75) is 171 Å². The highest BCUT2D eigenvalue weighted by molar-refractivity contribution is 6.00. The van der Waals surface area contributed by atoms with Gasteiger partial charge in [0.05, 0.1) is 17.9 Å². The standard InChI is InChI=1S/C44H69NO7/c1-26(2)35-29(46)23-44(32(47)25-45-37(49)27-13-11-10-12-14-27)22-21-42(8)28(36(35)44)15-16-31-41(7)19-18-33(52-34(48)24-39(3,4)38(50)51)40(5,6)30(41)17-20-43(31,42)9/h26-28,30-33,47H,10-25H2,1-9H3,(H,45,49)(H,50,51)/t28-,30+,31?,32-,33+,41+,42-,43-,44+/m1/s1. The van der Waals surface area contributed by atoms with Gasteiger partial charge in [-0.1, -0.05) is 73.3 Å². The Bertz CT molecular complexity index is 1490. The van der Waals surface area contributed by atoms with E-state index in [-0.39, 0.29) is 70.2 Å². The van der Waals surface area contributed by atoms with Crippen molar-refractivity contribution in [3.05, 3.63) is 11.1 Å². The molecule has 0 aromatic heterocycles. The molecule has 5 fully saturated rings. The number of aliphatic hydroxyl groups is 1. The van der Waals surface area contributed by atoms with Crippen LogP contribution in [0.2, 0.25) is 0 Å². The third-order valence-electron chi connectivity index (χ3n) is 16.9. The molecule has 0 aliphatic heterocycles. The highest BCUT2D eigenvalue weighted by Gasteiger charge is 2.70. The number of amides is 1. The molecular weight excluding hydrogens is 654 g/mol. The third kappa shape index (κ3) is 6.02. The maximum Gasteiger partial charge on any atom is 0.309 e. The van der Waals surface area contributed by atoms with Crippen LogP contribution >= 0.6 is 0 Å². The number of nitrogens with one attached hydrogen (secondary N) is 1. The van der Waals surface area contributed by atoms with Gasteiger partial charge in [0.25, 0.3) is 0 Å². The minimum Gasteiger partial charge on any atom is -0.481 e. The fourth-order valence-electron chi connectivity index (χ4n) is 13.8. The first-order chi connectivity index (χ1) is 24.2. The quantitative estimate of drug-likeness (QED) is 0.204. The number of hydrogen-bond donors (Lipinski definition) is 3. The molecule has 292 valence electrons. The number of carboxylic acid groups (broad SMARTS) is 1. The molecule has 9 atom stereocenters. The van der Waals surface area contributed by atoms with Crippen LogP contribution in [0.4, 0.5) is 0 Å². The molecule has 52 heavy (non-hydrogen) atoms. The lowest BCUT2D eigenvalue weighted by atomic mass is 9.33. The number of aliphatic carboxylic acids is 1. The number of carbonyl (C=O) groups is 4. The normalized spacial score (nSPS) is 39.6. The Hall–Kier alpha value is -2.22. The van der Waals surface area contributed by atoms with Crippen LogP contribution < -0.4 is 5.32 Å². The van der Waals surface area contributed by atoms with Gasteiger partial charge in [0, 0.05) is 29.7 Å². The SMILES string of the molecule is CC(C)C1=C2[C@H]3CCC4[C@@]5(C)CC[C@H](OC(=O)CC(C)(C)C(=O)O)C(C)(C)[C@@H]5CC[C@@]4(C)[C@]3(C)CC[C@@]2([C@H](O)CNC(=O)C2CCCCC2)CC1=O. The Balaban J connectivity index is 1.26. The highest BCUT2D eigenvalue weighted by Crippen LogP contribution is 2.77. The van der Waals surface area contributed by atoms with Crippen molar-refractivity contribution in [3.63, 3.8) is 0 Å². The van der Waals surface area contributed by atoms with Crippen molar-refractivity contribution in [2.75, 3.05) is 6.54 Å². The van der Waals surface area contributed by atoms with Gasteiger partial charge in [-0.25, -0.2) is 0 Å². The molecule has 8 heteroatoms. The minimum atomic E-state index is -1.17. The van der Waals surface area contributed by atoms with Gasteiger partial charge in [-0.05, 0) is 124 Å². The van der Waals surface area contributed by atoms with Gasteiger partial charge < -0.3 is 20.3 Å². The number of carboxylic acids is 1. The van der Waals surface area contributed by atoms with Crippen LogP contribution in [0.1, 0.15) is 159 Å². The number of ketones is 1. The van der Waals surface area contributed by atoms with Gasteiger partial charge >= 0.3 is 11.9 Å². The lowest BCUT2D eigenvalue weighted by Crippen LogP contribution is -2.66. The van der Waals surface area contributed by atoms with Crippen LogP contribution in [0.15, 0.2) is 11.1 Å². The molecular formula is C44H69NO7. The molecule has 8 nitrogen and oxygen atoms in total. The summed E-state index contributed by atoms with van der Waals surface area (Å²) < 4.78 is 6.16. The second kappa shape index (κ2) is 13.5. The van der Waals surface area contributed by atoms with Gasteiger partial charge in [0.15, 0.2) is 5.78 Å². The van der Waals surface area contributed by atoms with Crippen LogP contribution in [0.3, 0.4) is 0 Å². The van der Waals surface area contributed by atoms with Gasteiger partial charge in [0.1, 0.15) is 6.10 Å². The van der Waals surface area contributed by atoms with E-state index in [9.17, 15) is 29.4 Å². The van der Waals surface area contributed by atoms with E-state index >= 15 is 0 Å². The zero-order valence-corrected chi connectivity index (χ0v) is 33.8. The summed E-state index contributed by atoms with van der Waals surface area (Å²) in [7, 11) is 0. The summed E-state index contributed by atoms with van der Waals surface area (Å²) in [6.45, 7) is 19.7. The molecule has 6 rings (SSSR count). The van der Waals surface area contributed by atoms with Crippen molar-refractivity contribution >= 4 is 23.6 Å². The van der Waals surface area contributed by atoms with E-state index in [0.29, 0.717) is 18.3 Å². The molecule has 6 aliphatic rings. The Kier molecular flexibility index (Phi) is 10.3. The molecule has 0 radical (unpaired) electrons. The van der Waals surface area contributed by atoms with Crippen molar-refractivity contribution in [3.8, 4) is 0 Å². The van der Waals surface area contributed by atoms with E-state index in [1.165, 1.54) is 12.0 Å². The number of hydrogen-bond acceptors (Lipinski definition) is 6. The Morgan fingerprint density at radius 2 is 1.54 bits per heavy atom. The second-order valence-corrected chi connectivity index (χ2v) is 20.7. The van der Waals surface area contributed by atoms with Gasteiger partial charge in [-0.3, -0.25) is 19.2 Å². The number of fused-ring (bicyclic) bond motifs is 7. The first kappa shape index (κ1) is 39.5. The van der Waals surface area contributed by atoms with E-state index in [1.807, 2.05) is 0 Å². The largest absolute Gasteiger partial charge is 0.481 e. The van der Waals surface area contributed by atoms with Crippen LogP contribution in [0.25, 0.3) is 0 Å². The summed E-state index contributed by atoms with van der Waals surface area (Å²) in [6.07, 6.45) is 11.9. The average molecular weight is 724 g/mol. The van der Waals surface area contributed by atoms with Crippen molar-refractivity contribution < 1.29 is 34.1 Å². The minimum absolute atomic E-state index is 0.0271. The van der Waals surface area contributed by atoms with Gasteiger partial charge in [-0.15, -0.1) is 0 Å². The van der Waals surface area contributed by atoms with Gasteiger partial charge in [0.2, 0.25) is 5.91 Å². The molecule has 0 aromatic rings. The lowest BCUT2D eigenvalue weighted by molar-refractivity contribution is -0.235. The number of allylic oxidation sites excluding steroid dienone is 1. The molecule has 3 N–H and O–H groups in total. The lowest BCUT2D eigenvalue weighted by Gasteiger charge is -2.72. The Morgan fingerprint density at radius 3 is 2.17 bits per heavy atom. The number of esters is 1. The summed E-state index contributed by atoms with van der Waals surface area (Å²) >= 11 is 0. The molecule has 0 heterocycles. The Labute approximate surface area is 313 Å². The molecule has 1 amide bonds. The topological polar surface area (TPSA) is 130 Å². The second-order valence-electron chi connectivity index (χ2n) is 20.7. The summed E-state index contributed by atoms with van der Waals surface area (Å²) in [5.41, 5.74) is 0.159. The molecule has 6 aliphatic carbocycles. The van der Waals surface area contributed by atoms with E-state index in [1.54, 1.807) is 13.8 Å². The first-order valence-electron chi connectivity index (χ1n) is 20.8. The molecule has 0 spiro atoms. The molecule has 0 aromatic carbocycles. The highest BCUT2D eigenvalue weighted by atomic mass is 16.5. The van der Waals surface area contributed by atoms with Crippen LogP contribution in [-0.2, 0) is 23.9 Å². The monoisotopic (exact) mass is 724 g/mol. The fourth-order valence-corrected chi connectivity index (χ4v) is 13.8. The number of ether oxygens (including phenoxy) is 1. The number of aliphatic hydroxyl groups excluding tert-OH is 1. The van der Waals surface area contributed by atoms with E-state index in [4.69, 9.17) is 4.74 Å². The maximum atomic E-state index is 14.0. The van der Waals surface area contributed by atoms with E-state index in [2.05, 4.69) is 53.8 Å². The number of carbonyl (C=O) groups excluding carboxylic acids is 3. The van der Waals surface area contributed by atoms with Crippen LogP contribution in [0.5, 0.6) is 0 Å². The average Bonchev–Trinajstić information content (AvgIpc) is 3.38. The smallest absolute Gasteiger partial charge is 0.309 e. The molecule has 5 saturated carbocycles. The summed E-state index contributed by atoms with van der Waals surface area (Å²) in [6, 6.07) is 0. The van der Waals surface area contributed by atoms with Gasteiger partial charge in [-0.2, -0.15) is 0 Å². The molecule has 0 saturated heterocycles. The Morgan fingerprint density at radius 1 is 0.865 bits per heavy atom. The first-order valence-corrected chi connectivity index (χ1v) is 20.8. The van der Waals surface area contributed by atoms with Crippen molar-refractivity contribution in [2.24, 2.45) is 62.1 Å². The van der Waals surface area contributed by atoms with Crippen molar-refractivity contribution in [1.29, 1.82) is 0 Å². The van der Waals surface area contributed by atoms with E-state index in [0.717, 1.165) is 82.6 Å². The van der Waals surface area contributed by atoms with Crippen LogP contribution in [0, 0.1) is 62.1 Å². The summed E-state index contributed by atoms with van der Waals surface area (Å²) in [5.74, 6) is -0.0352. The van der Waals surface area contributed by atoms with E-state index < -0.39 is 28.9 Å². The number of Topliss-reactive ketones (excluding diaryl/α,β-unsaturated/α-hetero) is 1. The predicted molar refractivity (Wildman–Crippen MR) is 201 cm³/mol. The predicted octanol–water partition coefficient (Wildman–Crippen LogP) is 8.44. The van der Waals surface area contributed by atoms with Crippen LogP contribution in [-0.4, -0.2) is 52.6 Å². The zero-order valence-electron chi connectivity index (χ0n) is 33.8. The van der Waals surface area contributed by atoms with Crippen molar-refractivity contribution in [1.82, 2.24) is 5.32 Å². The summed E-state index contributed by atoms with van der Waals surface area (Å²) in [5, 5.41) is 24.9. The molecule has 0 bridgehead atoms. The maximum absolute atomic E-state index is 14.0. The third-order valence-corrected chi connectivity index (χ3v) is 16.9. The summed E-state index contributed by atoms with van der Waals surface area (Å²) in [4.78, 5) is 52.0. The fraction of sp³-hybridized carbons (Fsp3) is 0.864. The number of rotatable bonds is 9.